The molecule has 1 aliphatic heterocycles. The molecule has 1 fully saturated rings. The molecule has 0 aliphatic carbocycles. The minimum absolute atomic E-state index is 0. The van der Waals surface area contributed by atoms with E-state index in [0.717, 1.165) is 10.8 Å². The molecule has 1 heterocycles. The Morgan fingerprint density at radius 3 is 2.04 bits per heavy atom. The largest absolute Gasteiger partial charge is 0.548 e. The number of hydrogen-bond donors (Lipinski definition) is 1. The van der Waals surface area contributed by atoms with Gasteiger partial charge in [-0.3, -0.25) is 9.69 Å². The second kappa shape index (κ2) is 11.0. The number of piperidine rings is 1. The van der Waals surface area contributed by atoms with Crippen LogP contribution in [0.3, 0.4) is 0 Å². The number of carbonyl (C=O) groups is 3. The van der Waals surface area contributed by atoms with E-state index in [-0.39, 0.29) is 38.7 Å². The Kier molecular flexibility index (Phi) is 12.6. The normalized spacial score (nSPS) is 17.3. The lowest BCUT2D eigenvalue weighted by Crippen LogP contribution is -2.55. The van der Waals surface area contributed by atoms with Gasteiger partial charge in [-0.1, -0.05) is 28.2 Å². The number of carbonyl (C=O) groups excluding carboxylic acids is 3. The first-order valence-electron chi connectivity index (χ1n) is 7.16. The van der Waals surface area contributed by atoms with Crippen molar-refractivity contribution in [3.8, 4) is 0 Å². The monoisotopic (exact) mass is 333 g/mol. The number of rotatable bonds is 1. The van der Waals surface area contributed by atoms with Gasteiger partial charge in [-0.2, -0.15) is 0 Å². The Labute approximate surface area is 140 Å². The molecule has 1 rings (SSSR count). The Morgan fingerprint density at radius 2 is 1.70 bits per heavy atom. The van der Waals surface area contributed by atoms with Crippen LogP contribution in [0.1, 0.15) is 61.8 Å². The summed E-state index contributed by atoms with van der Waals surface area (Å²) in [5.74, 6) is -0.775. The van der Waals surface area contributed by atoms with Crippen molar-refractivity contribution in [2.75, 3.05) is 6.54 Å². The van der Waals surface area contributed by atoms with E-state index < -0.39 is 23.7 Å². The molecule has 1 aliphatic rings. The average molecular weight is 333 g/mol. The molecule has 0 bridgehead atoms. The van der Waals surface area contributed by atoms with E-state index >= 15 is 0 Å². The van der Waals surface area contributed by atoms with Crippen molar-refractivity contribution >= 4 is 17.8 Å². The molecule has 3 N–H and O–H groups in total. The van der Waals surface area contributed by atoms with Crippen molar-refractivity contribution < 1.29 is 24.2 Å². The predicted molar refractivity (Wildman–Crippen MR) is 88.2 cm³/mol. The molecule has 23 heavy (non-hydrogen) atoms. The van der Waals surface area contributed by atoms with Crippen LogP contribution in [0, 0.1) is 5.92 Å². The molecule has 1 saturated heterocycles. The number of likely N-dealkylation sites (tertiary alicyclic amines) is 1. The third-order valence-electron chi connectivity index (χ3n) is 2.33. The van der Waals surface area contributed by atoms with Crippen LogP contribution in [-0.2, 0) is 14.3 Å². The summed E-state index contributed by atoms with van der Waals surface area (Å²) in [5, 5.41) is 10.9. The zero-order chi connectivity index (χ0) is 16.8. The standard InChI is InChI=1S/C11H17NO5.C4H10.CH4.H3N/c1-11(2,3)17-10(16)12-5-4-7(13)6-8(12)9(14)15;1-4(2)3;;/h8H,4-6H2,1-3H3,(H,14,15);4H,1-3H3;1H4;1H3/p-1/t8-;;;/m0.../s1. The summed E-state index contributed by atoms with van der Waals surface area (Å²) >= 11 is 0. The molecule has 0 aromatic rings. The van der Waals surface area contributed by atoms with Crippen LogP contribution in [0.15, 0.2) is 0 Å². The highest BCUT2D eigenvalue weighted by Crippen LogP contribution is 2.18. The molecule has 0 aromatic carbocycles. The van der Waals surface area contributed by atoms with Crippen LogP contribution in [0.25, 0.3) is 0 Å². The number of carboxylic acids is 1. The Bertz CT molecular complexity index is 386. The van der Waals surface area contributed by atoms with Crippen LogP contribution in [0.5, 0.6) is 0 Å². The summed E-state index contributed by atoms with van der Waals surface area (Å²) in [7, 11) is 0. The van der Waals surface area contributed by atoms with Crippen LogP contribution in [0.4, 0.5) is 4.79 Å². The molecule has 7 nitrogen and oxygen atoms in total. The zero-order valence-electron chi connectivity index (χ0n) is 14.5. The summed E-state index contributed by atoms with van der Waals surface area (Å²) in [5.41, 5.74) is -0.699. The van der Waals surface area contributed by atoms with Crippen LogP contribution >= 0.6 is 0 Å². The van der Waals surface area contributed by atoms with Gasteiger partial charge >= 0.3 is 6.09 Å². The van der Waals surface area contributed by atoms with Crippen molar-refractivity contribution in [2.45, 2.75) is 73.5 Å². The topological polar surface area (TPSA) is 122 Å². The van der Waals surface area contributed by atoms with Gasteiger partial charge in [0.05, 0.1) is 12.0 Å². The van der Waals surface area contributed by atoms with Gasteiger partial charge in [-0.05, 0) is 26.7 Å². The Morgan fingerprint density at radius 1 is 1.26 bits per heavy atom. The van der Waals surface area contributed by atoms with Crippen molar-refractivity contribution in [3.05, 3.63) is 0 Å². The zero-order valence-corrected chi connectivity index (χ0v) is 14.5. The van der Waals surface area contributed by atoms with Crippen molar-refractivity contribution in [1.29, 1.82) is 0 Å². The second-order valence-electron chi connectivity index (χ2n) is 6.73. The molecule has 0 saturated carbocycles. The maximum atomic E-state index is 11.7. The van der Waals surface area contributed by atoms with Crippen molar-refractivity contribution in [3.63, 3.8) is 0 Å². The summed E-state index contributed by atoms with van der Waals surface area (Å²) in [4.78, 5) is 34.8. The number of nitrogens with zero attached hydrogens (tertiary/aromatic N) is 1. The van der Waals surface area contributed by atoms with E-state index in [1.54, 1.807) is 20.8 Å². The van der Waals surface area contributed by atoms with E-state index in [4.69, 9.17) is 4.74 Å². The molecule has 138 valence electrons. The lowest BCUT2D eigenvalue weighted by atomic mass is 10.0. The average Bonchev–Trinajstić information content (AvgIpc) is 2.25. The van der Waals surface area contributed by atoms with Crippen LogP contribution in [0.2, 0.25) is 0 Å². The van der Waals surface area contributed by atoms with Crippen LogP contribution in [-0.4, -0.2) is 40.9 Å². The first-order chi connectivity index (χ1) is 9.44. The minimum Gasteiger partial charge on any atom is -0.548 e. The summed E-state index contributed by atoms with van der Waals surface area (Å²) < 4.78 is 5.08. The molecule has 0 aromatic heterocycles. The molecule has 7 heteroatoms. The smallest absolute Gasteiger partial charge is 0.410 e. The van der Waals surface area contributed by atoms with Gasteiger partial charge in [-0.15, -0.1) is 0 Å². The summed E-state index contributed by atoms with van der Waals surface area (Å²) in [6.07, 6.45) is -0.774. The number of aliphatic carboxylic acids is 1. The first-order valence-corrected chi connectivity index (χ1v) is 7.16. The fraction of sp³-hybridized carbons (Fsp3) is 0.812. The Hall–Kier alpha value is -1.63. The number of hydrogen-bond acceptors (Lipinski definition) is 6. The quantitative estimate of drug-likeness (QED) is 0.784. The molecule has 0 unspecified atom stereocenters. The highest BCUT2D eigenvalue weighted by molar-refractivity contribution is 5.89. The van der Waals surface area contributed by atoms with E-state index in [1.807, 2.05) is 0 Å². The number of carboxylic acid groups (broad SMARTS) is 1. The SMILES string of the molecule is C.CC(C)(C)OC(=O)N1CCC(=O)C[C@H]1C(=O)[O-].CC(C)C.N. The van der Waals surface area contributed by atoms with Crippen molar-refractivity contribution in [1.82, 2.24) is 11.1 Å². The van der Waals surface area contributed by atoms with E-state index in [0.29, 0.717) is 0 Å². The van der Waals surface area contributed by atoms with Crippen molar-refractivity contribution in [2.24, 2.45) is 5.92 Å². The van der Waals surface area contributed by atoms with Gasteiger partial charge < -0.3 is 20.8 Å². The maximum absolute atomic E-state index is 11.7. The lowest BCUT2D eigenvalue weighted by Gasteiger charge is -2.36. The highest BCUT2D eigenvalue weighted by Gasteiger charge is 2.34. The van der Waals surface area contributed by atoms with E-state index in [9.17, 15) is 19.5 Å². The van der Waals surface area contributed by atoms with E-state index in [1.165, 1.54) is 0 Å². The highest BCUT2D eigenvalue weighted by atomic mass is 16.6. The van der Waals surface area contributed by atoms with E-state index in [2.05, 4.69) is 20.8 Å². The first kappa shape index (κ1) is 26.3. The molecular formula is C16H33N2O5-. The second-order valence-corrected chi connectivity index (χ2v) is 6.73. The number of Topliss-reactive ketones (excluding diaryl/α,β-unsaturated/α-hetero) is 1. The summed E-state index contributed by atoms with van der Waals surface area (Å²) in [6.45, 7) is 11.6. The molecule has 1 atom stereocenters. The Balaban J connectivity index is -0.000000598. The lowest BCUT2D eigenvalue weighted by molar-refractivity contribution is -0.311. The molecule has 0 spiro atoms. The molecule has 1 amide bonds. The number of ketones is 1. The minimum atomic E-state index is -1.43. The fourth-order valence-electron chi connectivity index (χ4n) is 1.58. The number of amides is 1. The molecular weight excluding hydrogens is 300 g/mol. The number of ether oxygens (including phenoxy) is 1. The third-order valence-corrected chi connectivity index (χ3v) is 2.33. The van der Waals surface area contributed by atoms with Gasteiger partial charge in [0, 0.05) is 19.4 Å². The predicted octanol–water partition coefficient (Wildman–Crippen LogP) is 2.17. The third kappa shape index (κ3) is 11.6. The van der Waals surface area contributed by atoms with Gasteiger partial charge in [0.2, 0.25) is 0 Å². The fourth-order valence-corrected chi connectivity index (χ4v) is 1.58. The maximum Gasteiger partial charge on any atom is 0.410 e. The van der Waals surface area contributed by atoms with Gasteiger partial charge in [0.15, 0.2) is 0 Å². The van der Waals surface area contributed by atoms with Gasteiger partial charge in [-0.25, -0.2) is 4.79 Å². The van der Waals surface area contributed by atoms with Gasteiger partial charge in [0.1, 0.15) is 11.4 Å². The molecule has 0 radical (unpaired) electrons. The summed E-state index contributed by atoms with van der Waals surface area (Å²) in [6, 6.07) is -1.22. The van der Waals surface area contributed by atoms with Gasteiger partial charge in [0.25, 0.3) is 0 Å². The van der Waals surface area contributed by atoms with Crippen LogP contribution < -0.4 is 11.3 Å².